The first-order chi connectivity index (χ1) is 10.0. The Morgan fingerprint density at radius 2 is 2.00 bits per heavy atom. The standard InChI is InChI=1S/C17H18N2O2/c1-4-8-13-15-14(20)11-17(2,3)21-16(15)19(18-13)12-9-6-5-7-10-12/h4-10H,11H2,1-3H3/b8-4+. The summed E-state index contributed by atoms with van der Waals surface area (Å²) < 4.78 is 7.76. The highest BCUT2D eigenvalue weighted by molar-refractivity contribution is 6.02. The van der Waals surface area contributed by atoms with Gasteiger partial charge in [-0.05, 0) is 39.0 Å². The molecular formula is C17H18N2O2. The zero-order chi connectivity index (χ0) is 15.0. The molecule has 0 N–H and O–H groups in total. The highest BCUT2D eigenvalue weighted by atomic mass is 16.5. The van der Waals surface area contributed by atoms with E-state index in [1.54, 1.807) is 4.68 Å². The molecule has 2 aromatic rings. The number of benzene rings is 1. The lowest BCUT2D eigenvalue weighted by atomic mass is 9.94. The number of ketones is 1. The zero-order valence-corrected chi connectivity index (χ0v) is 12.5. The molecule has 3 rings (SSSR count). The number of para-hydroxylation sites is 1. The fourth-order valence-electron chi connectivity index (χ4n) is 2.57. The fourth-order valence-corrected chi connectivity index (χ4v) is 2.57. The largest absolute Gasteiger partial charge is 0.471 e. The molecule has 0 saturated heterocycles. The van der Waals surface area contributed by atoms with Crippen LogP contribution in [0.3, 0.4) is 0 Å². The second kappa shape index (κ2) is 4.88. The number of carbonyl (C=O) groups excluding carboxylic acids is 1. The summed E-state index contributed by atoms with van der Waals surface area (Å²) in [6.45, 7) is 5.75. The van der Waals surface area contributed by atoms with E-state index in [0.717, 1.165) is 5.69 Å². The van der Waals surface area contributed by atoms with Gasteiger partial charge in [-0.15, -0.1) is 0 Å². The Bertz CT molecular complexity index is 712. The minimum Gasteiger partial charge on any atom is -0.471 e. The molecule has 0 amide bonds. The van der Waals surface area contributed by atoms with Gasteiger partial charge in [0, 0.05) is 0 Å². The predicted molar refractivity (Wildman–Crippen MR) is 81.9 cm³/mol. The molecule has 4 nitrogen and oxygen atoms in total. The summed E-state index contributed by atoms with van der Waals surface area (Å²) in [5.41, 5.74) is 1.62. The normalized spacial score (nSPS) is 16.8. The van der Waals surface area contributed by atoms with Crippen molar-refractivity contribution < 1.29 is 9.53 Å². The summed E-state index contributed by atoms with van der Waals surface area (Å²) in [4.78, 5) is 12.5. The quantitative estimate of drug-likeness (QED) is 0.844. The molecule has 0 bridgehead atoms. The van der Waals surface area contributed by atoms with Crippen molar-refractivity contribution >= 4 is 11.9 Å². The summed E-state index contributed by atoms with van der Waals surface area (Å²) in [6.07, 6.45) is 4.09. The van der Waals surface area contributed by atoms with Crippen LogP contribution in [0.5, 0.6) is 5.88 Å². The number of fused-ring (bicyclic) bond motifs is 1. The number of nitrogens with zero attached hydrogens (tertiary/aromatic N) is 2. The number of allylic oxidation sites excluding steroid dienone is 1. The maximum Gasteiger partial charge on any atom is 0.229 e. The van der Waals surface area contributed by atoms with Gasteiger partial charge in [0.1, 0.15) is 16.9 Å². The zero-order valence-electron chi connectivity index (χ0n) is 12.5. The molecule has 1 aromatic carbocycles. The first-order valence-electron chi connectivity index (χ1n) is 7.05. The summed E-state index contributed by atoms with van der Waals surface area (Å²) >= 11 is 0. The molecule has 0 atom stereocenters. The molecular weight excluding hydrogens is 264 g/mol. The predicted octanol–water partition coefficient (Wildman–Crippen LogP) is 3.65. The number of aromatic nitrogens is 2. The smallest absolute Gasteiger partial charge is 0.229 e. The highest BCUT2D eigenvalue weighted by Crippen LogP contribution is 2.37. The van der Waals surface area contributed by atoms with Gasteiger partial charge >= 0.3 is 0 Å². The summed E-state index contributed by atoms with van der Waals surface area (Å²) in [5.74, 6) is 0.618. The number of ether oxygens (including phenoxy) is 1. The van der Waals surface area contributed by atoms with Gasteiger partial charge in [-0.3, -0.25) is 4.79 Å². The van der Waals surface area contributed by atoms with Crippen LogP contribution in [-0.4, -0.2) is 21.2 Å². The van der Waals surface area contributed by atoms with Crippen LogP contribution in [0.25, 0.3) is 11.8 Å². The van der Waals surface area contributed by atoms with E-state index in [9.17, 15) is 4.79 Å². The van der Waals surface area contributed by atoms with E-state index in [2.05, 4.69) is 5.10 Å². The second-order valence-electron chi connectivity index (χ2n) is 5.77. The third kappa shape index (κ3) is 2.37. The van der Waals surface area contributed by atoms with Crippen LogP contribution in [0.4, 0.5) is 0 Å². The lowest BCUT2D eigenvalue weighted by Gasteiger charge is -2.30. The Balaban J connectivity index is 2.23. The molecule has 4 heteroatoms. The number of carbonyl (C=O) groups is 1. The molecule has 1 aromatic heterocycles. The molecule has 0 unspecified atom stereocenters. The van der Waals surface area contributed by atoms with E-state index in [0.29, 0.717) is 23.6 Å². The van der Waals surface area contributed by atoms with Crippen molar-refractivity contribution in [3.05, 3.63) is 47.7 Å². The third-order valence-corrected chi connectivity index (χ3v) is 3.43. The molecule has 108 valence electrons. The third-order valence-electron chi connectivity index (χ3n) is 3.43. The van der Waals surface area contributed by atoms with Crippen LogP contribution >= 0.6 is 0 Å². The minimum atomic E-state index is -0.510. The summed E-state index contributed by atoms with van der Waals surface area (Å²) in [7, 11) is 0. The number of Topliss-reactive ketones (excluding diaryl/α,β-unsaturated/α-hetero) is 1. The Labute approximate surface area is 124 Å². The summed E-state index contributed by atoms with van der Waals surface area (Å²) in [5, 5.41) is 4.55. The van der Waals surface area contributed by atoms with Crippen LogP contribution in [0.1, 0.15) is 43.2 Å². The van der Waals surface area contributed by atoms with Gasteiger partial charge in [-0.2, -0.15) is 9.78 Å². The van der Waals surface area contributed by atoms with Gasteiger partial charge in [0.15, 0.2) is 5.78 Å². The van der Waals surface area contributed by atoms with Gasteiger partial charge < -0.3 is 4.74 Å². The van der Waals surface area contributed by atoms with E-state index in [1.165, 1.54) is 0 Å². The average molecular weight is 282 g/mol. The molecule has 0 saturated carbocycles. The number of hydrogen-bond acceptors (Lipinski definition) is 3. The molecule has 2 heterocycles. The monoisotopic (exact) mass is 282 g/mol. The Hall–Kier alpha value is -2.36. The topological polar surface area (TPSA) is 44.1 Å². The van der Waals surface area contributed by atoms with Crippen molar-refractivity contribution in [3.63, 3.8) is 0 Å². The van der Waals surface area contributed by atoms with Gasteiger partial charge in [0.05, 0.1) is 12.1 Å². The maximum atomic E-state index is 12.5. The molecule has 1 aliphatic heterocycles. The van der Waals surface area contributed by atoms with E-state index < -0.39 is 5.60 Å². The van der Waals surface area contributed by atoms with Crippen molar-refractivity contribution in [2.45, 2.75) is 32.8 Å². The second-order valence-corrected chi connectivity index (χ2v) is 5.77. The van der Waals surface area contributed by atoms with Crippen LogP contribution in [0.15, 0.2) is 36.4 Å². The number of rotatable bonds is 2. The molecule has 0 aliphatic carbocycles. The van der Waals surface area contributed by atoms with Crippen LogP contribution < -0.4 is 4.74 Å². The molecule has 1 aliphatic rings. The van der Waals surface area contributed by atoms with Crippen LogP contribution in [0, 0.1) is 0 Å². The Morgan fingerprint density at radius 3 is 2.67 bits per heavy atom. The van der Waals surface area contributed by atoms with Crippen molar-refractivity contribution in [1.29, 1.82) is 0 Å². The van der Waals surface area contributed by atoms with Gasteiger partial charge in [0.2, 0.25) is 5.88 Å². The average Bonchev–Trinajstić information content (AvgIpc) is 2.77. The van der Waals surface area contributed by atoms with Gasteiger partial charge in [-0.25, -0.2) is 0 Å². The highest BCUT2D eigenvalue weighted by Gasteiger charge is 2.37. The van der Waals surface area contributed by atoms with Crippen molar-refractivity contribution in [2.24, 2.45) is 0 Å². The van der Waals surface area contributed by atoms with Crippen molar-refractivity contribution in [3.8, 4) is 11.6 Å². The van der Waals surface area contributed by atoms with E-state index in [1.807, 2.05) is 63.3 Å². The fraction of sp³-hybridized carbons (Fsp3) is 0.294. The maximum absolute atomic E-state index is 12.5. The summed E-state index contributed by atoms with van der Waals surface area (Å²) in [6, 6.07) is 9.72. The van der Waals surface area contributed by atoms with Crippen molar-refractivity contribution in [2.75, 3.05) is 0 Å². The first kappa shape index (κ1) is 13.6. The lowest BCUT2D eigenvalue weighted by Crippen LogP contribution is -2.36. The SMILES string of the molecule is C/C=C/c1nn(-c2ccccc2)c2c1C(=O)CC(C)(C)O2. The van der Waals surface area contributed by atoms with Crippen LogP contribution in [0.2, 0.25) is 0 Å². The number of hydrogen-bond donors (Lipinski definition) is 0. The van der Waals surface area contributed by atoms with Gasteiger partial charge in [0.25, 0.3) is 0 Å². The molecule has 0 spiro atoms. The van der Waals surface area contributed by atoms with Gasteiger partial charge in [-0.1, -0.05) is 24.3 Å². The van der Waals surface area contributed by atoms with E-state index in [-0.39, 0.29) is 5.78 Å². The lowest BCUT2D eigenvalue weighted by molar-refractivity contribution is 0.0580. The van der Waals surface area contributed by atoms with E-state index in [4.69, 9.17) is 4.74 Å². The van der Waals surface area contributed by atoms with Crippen molar-refractivity contribution in [1.82, 2.24) is 9.78 Å². The Morgan fingerprint density at radius 1 is 1.29 bits per heavy atom. The van der Waals surface area contributed by atoms with E-state index >= 15 is 0 Å². The Kier molecular flexibility index (Phi) is 3.16. The molecule has 0 fully saturated rings. The molecule has 0 radical (unpaired) electrons. The first-order valence-corrected chi connectivity index (χ1v) is 7.05. The minimum absolute atomic E-state index is 0.0801. The van der Waals surface area contributed by atoms with Crippen LogP contribution in [-0.2, 0) is 0 Å². The molecule has 21 heavy (non-hydrogen) atoms.